The van der Waals surface area contributed by atoms with E-state index in [9.17, 15) is 5.11 Å². The minimum atomic E-state index is -0.837. The Kier molecular flexibility index (Phi) is 8.79. The third-order valence-corrected chi connectivity index (χ3v) is 4.41. The molecular formula is C22H31N5O3. The van der Waals surface area contributed by atoms with E-state index in [2.05, 4.69) is 46.5 Å². The van der Waals surface area contributed by atoms with Gasteiger partial charge in [-0.05, 0) is 43.8 Å². The van der Waals surface area contributed by atoms with Crippen molar-refractivity contribution >= 4 is 5.95 Å². The van der Waals surface area contributed by atoms with E-state index in [1.54, 1.807) is 4.68 Å². The van der Waals surface area contributed by atoms with Gasteiger partial charge in [0, 0.05) is 20.1 Å². The molecule has 3 aromatic rings. The van der Waals surface area contributed by atoms with Crippen molar-refractivity contribution in [2.75, 3.05) is 32.6 Å². The second-order valence-corrected chi connectivity index (χ2v) is 7.24. The molecule has 0 bridgehead atoms. The van der Waals surface area contributed by atoms with Crippen LogP contribution in [-0.2, 0) is 13.6 Å². The summed E-state index contributed by atoms with van der Waals surface area (Å²) in [7, 11) is 5.91. The third kappa shape index (κ3) is 6.55. The van der Waals surface area contributed by atoms with Gasteiger partial charge in [-0.1, -0.05) is 42.5 Å². The number of hydrogen-bond donors (Lipinski definition) is 2. The van der Waals surface area contributed by atoms with E-state index in [0.29, 0.717) is 24.9 Å². The van der Waals surface area contributed by atoms with E-state index in [4.69, 9.17) is 4.74 Å². The Hall–Kier alpha value is -2.94. The lowest BCUT2D eigenvalue weighted by atomic mass is 10.1. The summed E-state index contributed by atoms with van der Waals surface area (Å²) < 4.78 is 7.50. The average molecular weight is 414 g/mol. The summed E-state index contributed by atoms with van der Waals surface area (Å²) in [4.78, 5) is 6.56. The molecule has 8 nitrogen and oxygen atoms in total. The van der Waals surface area contributed by atoms with E-state index in [0.717, 1.165) is 24.3 Å². The van der Waals surface area contributed by atoms with Crippen molar-refractivity contribution in [2.45, 2.75) is 19.1 Å². The lowest BCUT2D eigenvalue weighted by Gasteiger charge is -2.12. The van der Waals surface area contributed by atoms with Crippen LogP contribution in [0.5, 0.6) is 5.75 Å². The molecule has 1 unspecified atom stereocenters. The average Bonchev–Trinajstić information content (AvgIpc) is 3.08. The molecule has 0 aliphatic rings. The molecule has 162 valence electrons. The van der Waals surface area contributed by atoms with Crippen LogP contribution in [0.25, 0.3) is 0 Å². The zero-order chi connectivity index (χ0) is 20.6. The molecule has 2 aromatic carbocycles. The molecule has 0 aliphatic carbocycles. The van der Waals surface area contributed by atoms with Crippen LogP contribution >= 0.6 is 0 Å². The number of aromatic nitrogens is 3. The van der Waals surface area contributed by atoms with E-state index >= 15 is 0 Å². The van der Waals surface area contributed by atoms with Gasteiger partial charge in [-0.25, -0.2) is 4.68 Å². The number of aryl methyl sites for hydroxylation is 1. The molecule has 0 amide bonds. The zero-order valence-corrected chi connectivity index (χ0v) is 17.7. The predicted molar refractivity (Wildman–Crippen MR) is 118 cm³/mol. The van der Waals surface area contributed by atoms with Crippen LogP contribution < -0.4 is 10.1 Å². The van der Waals surface area contributed by atoms with Crippen LogP contribution in [0.1, 0.15) is 29.5 Å². The third-order valence-electron chi connectivity index (χ3n) is 4.41. The molecule has 3 rings (SSSR count). The number of nitrogens with one attached hydrogen (secondary N) is 1. The molecule has 0 fully saturated rings. The summed E-state index contributed by atoms with van der Waals surface area (Å²) in [6.07, 6.45) is -0.0165. The monoisotopic (exact) mass is 413 g/mol. The molecule has 0 spiro atoms. The van der Waals surface area contributed by atoms with Gasteiger partial charge in [0.1, 0.15) is 11.9 Å². The highest BCUT2D eigenvalue weighted by molar-refractivity contribution is 5.30. The first-order valence-corrected chi connectivity index (χ1v) is 9.77. The molecule has 1 aromatic heterocycles. The molecule has 1 atom stereocenters. The van der Waals surface area contributed by atoms with Gasteiger partial charge in [0.15, 0.2) is 5.82 Å². The van der Waals surface area contributed by atoms with E-state index in [1.165, 1.54) is 5.56 Å². The van der Waals surface area contributed by atoms with Crippen LogP contribution in [0.4, 0.5) is 5.95 Å². The lowest BCUT2D eigenvalue weighted by Crippen LogP contribution is -2.11. The van der Waals surface area contributed by atoms with Crippen molar-refractivity contribution < 1.29 is 15.3 Å². The predicted octanol–water partition coefficient (Wildman–Crippen LogP) is 2.01. The SMILES string of the molecule is CN(C)Cc1cccc(OCCCNc2nc(C(O)c3ccccc3)nn2C)c1.O. The molecule has 1 heterocycles. The highest BCUT2D eigenvalue weighted by Gasteiger charge is 2.17. The van der Waals surface area contributed by atoms with Crippen molar-refractivity contribution in [1.82, 2.24) is 19.7 Å². The molecule has 8 heteroatoms. The molecular weight excluding hydrogens is 382 g/mol. The molecule has 4 N–H and O–H groups in total. The van der Waals surface area contributed by atoms with Crippen molar-refractivity contribution in [2.24, 2.45) is 7.05 Å². The number of anilines is 1. The summed E-state index contributed by atoms with van der Waals surface area (Å²) >= 11 is 0. The van der Waals surface area contributed by atoms with Crippen LogP contribution in [0, 0.1) is 0 Å². The van der Waals surface area contributed by atoms with Crippen LogP contribution in [0.15, 0.2) is 54.6 Å². The Morgan fingerprint density at radius 1 is 1.13 bits per heavy atom. The van der Waals surface area contributed by atoms with Crippen molar-refractivity contribution in [3.63, 3.8) is 0 Å². The minimum Gasteiger partial charge on any atom is -0.494 e. The summed E-state index contributed by atoms with van der Waals surface area (Å²) in [5.74, 6) is 1.90. The van der Waals surface area contributed by atoms with E-state index < -0.39 is 6.10 Å². The normalized spacial score (nSPS) is 11.8. The fraction of sp³-hybridized carbons (Fsp3) is 0.364. The van der Waals surface area contributed by atoms with Gasteiger partial charge < -0.3 is 25.5 Å². The number of ether oxygens (including phenoxy) is 1. The topological polar surface area (TPSA) is 107 Å². The highest BCUT2D eigenvalue weighted by atomic mass is 16.5. The maximum atomic E-state index is 10.5. The Bertz CT molecular complexity index is 899. The maximum absolute atomic E-state index is 10.5. The first-order valence-electron chi connectivity index (χ1n) is 9.77. The maximum Gasteiger partial charge on any atom is 0.221 e. The number of nitrogens with zero attached hydrogens (tertiary/aromatic N) is 4. The zero-order valence-electron chi connectivity index (χ0n) is 17.7. The molecule has 0 saturated heterocycles. The van der Waals surface area contributed by atoms with Crippen LogP contribution in [0.3, 0.4) is 0 Å². The number of rotatable bonds is 10. The summed E-state index contributed by atoms with van der Waals surface area (Å²) in [5.41, 5.74) is 2.00. The van der Waals surface area contributed by atoms with Crippen molar-refractivity contribution in [3.05, 3.63) is 71.5 Å². The fourth-order valence-electron chi connectivity index (χ4n) is 3.02. The Balaban J connectivity index is 0.00000320. The molecule has 0 aliphatic heterocycles. The van der Waals surface area contributed by atoms with Gasteiger partial charge in [0.2, 0.25) is 5.95 Å². The highest BCUT2D eigenvalue weighted by Crippen LogP contribution is 2.20. The Labute approximate surface area is 177 Å². The quantitative estimate of drug-likeness (QED) is 0.493. The second-order valence-electron chi connectivity index (χ2n) is 7.24. The van der Waals surface area contributed by atoms with Crippen molar-refractivity contribution in [3.8, 4) is 5.75 Å². The van der Waals surface area contributed by atoms with E-state index in [1.807, 2.05) is 49.5 Å². The Morgan fingerprint density at radius 3 is 2.63 bits per heavy atom. The second kappa shape index (κ2) is 11.3. The fourth-order valence-corrected chi connectivity index (χ4v) is 3.02. The van der Waals surface area contributed by atoms with Gasteiger partial charge >= 0.3 is 0 Å². The summed E-state index contributed by atoms with van der Waals surface area (Å²) in [6, 6.07) is 17.6. The number of benzene rings is 2. The van der Waals surface area contributed by atoms with Gasteiger partial charge in [-0.2, -0.15) is 10.1 Å². The first-order chi connectivity index (χ1) is 14.0. The molecule has 30 heavy (non-hydrogen) atoms. The van der Waals surface area contributed by atoms with Gasteiger partial charge in [0.05, 0.1) is 6.61 Å². The van der Waals surface area contributed by atoms with Crippen molar-refractivity contribution in [1.29, 1.82) is 0 Å². The smallest absolute Gasteiger partial charge is 0.221 e. The first kappa shape index (κ1) is 23.3. The largest absolute Gasteiger partial charge is 0.494 e. The lowest BCUT2D eigenvalue weighted by molar-refractivity contribution is 0.209. The summed E-state index contributed by atoms with van der Waals surface area (Å²) in [5, 5.41) is 18.0. The molecule has 0 saturated carbocycles. The van der Waals surface area contributed by atoms with E-state index in [-0.39, 0.29) is 5.48 Å². The number of hydrogen-bond acceptors (Lipinski definition) is 6. The minimum absolute atomic E-state index is 0. The summed E-state index contributed by atoms with van der Waals surface area (Å²) in [6.45, 7) is 2.20. The van der Waals surface area contributed by atoms with Gasteiger partial charge in [-0.3, -0.25) is 0 Å². The Morgan fingerprint density at radius 2 is 1.90 bits per heavy atom. The number of aliphatic hydroxyl groups is 1. The van der Waals surface area contributed by atoms with Gasteiger partial charge in [0.25, 0.3) is 0 Å². The standard InChI is InChI=1S/C22H29N5O2.H2O/c1-26(2)16-17-9-7-12-19(15-17)29-14-8-13-23-22-24-21(25-27(22)3)20(28)18-10-5-4-6-11-18;/h4-7,9-12,15,20,28H,8,13-14,16H2,1-3H3,(H,23,24,25);1H2. The molecule has 0 radical (unpaired) electrons. The van der Waals surface area contributed by atoms with Crippen LogP contribution in [0.2, 0.25) is 0 Å². The number of aliphatic hydroxyl groups excluding tert-OH is 1. The van der Waals surface area contributed by atoms with Crippen LogP contribution in [-0.4, -0.2) is 57.5 Å². The van der Waals surface area contributed by atoms with Gasteiger partial charge in [-0.15, -0.1) is 0 Å².